The minimum absolute atomic E-state index is 0.113. The lowest BCUT2D eigenvalue weighted by Gasteiger charge is -2.13. The van der Waals surface area contributed by atoms with Crippen molar-refractivity contribution in [1.29, 1.82) is 0 Å². The monoisotopic (exact) mass is 259 g/mol. The largest absolute Gasteiger partial charge is 0.389 e. The molecule has 5 nitrogen and oxygen atoms in total. The van der Waals surface area contributed by atoms with Gasteiger partial charge < -0.3 is 9.84 Å². The molecule has 0 aliphatic rings. The van der Waals surface area contributed by atoms with Crippen molar-refractivity contribution in [3.63, 3.8) is 0 Å². The Hall–Kier alpha value is -1.11. The molecule has 0 aromatic heterocycles. The minimum atomic E-state index is -3.44. The van der Waals surface area contributed by atoms with Crippen molar-refractivity contribution in [2.24, 2.45) is 0 Å². The van der Waals surface area contributed by atoms with Crippen LogP contribution >= 0.6 is 0 Å². The second-order valence-electron chi connectivity index (χ2n) is 3.68. The fraction of sp³-hybridized carbons (Fsp3) is 0.455. The van der Waals surface area contributed by atoms with Crippen LogP contribution < -0.4 is 4.72 Å². The number of aliphatic hydroxyl groups is 1. The molecule has 1 rings (SSSR count). The first-order valence-corrected chi connectivity index (χ1v) is 6.88. The average Bonchev–Trinajstić information content (AvgIpc) is 2.26. The van der Waals surface area contributed by atoms with Crippen LogP contribution in [0.1, 0.15) is 18.6 Å². The van der Waals surface area contributed by atoms with Gasteiger partial charge in [0.2, 0.25) is 10.0 Å². The Bertz CT molecular complexity index is 456. The Morgan fingerprint density at radius 1 is 1.41 bits per heavy atom. The molecule has 1 aromatic rings. The van der Waals surface area contributed by atoms with Crippen molar-refractivity contribution >= 4 is 15.7 Å². The maximum atomic E-state index is 11.7. The zero-order valence-electron chi connectivity index (χ0n) is 9.88. The van der Waals surface area contributed by atoms with E-state index in [0.717, 1.165) is 0 Å². The van der Waals surface area contributed by atoms with Crippen LogP contribution in [0.3, 0.4) is 0 Å². The fourth-order valence-corrected chi connectivity index (χ4v) is 2.37. The molecule has 1 unspecified atom stereocenters. The molecule has 0 bridgehead atoms. The van der Waals surface area contributed by atoms with E-state index in [9.17, 15) is 13.5 Å². The summed E-state index contributed by atoms with van der Waals surface area (Å²) in [7, 11) is -2.00. The van der Waals surface area contributed by atoms with Gasteiger partial charge in [-0.25, -0.2) is 8.42 Å². The molecular weight excluding hydrogens is 242 g/mol. The summed E-state index contributed by atoms with van der Waals surface area (Å²) in [6, 6.07) is 6.75. The number of aliphatic hydroxyl groups excluding tert-OH is 1. The summed E-state index contributed by atoms with van der Waals surface area (Å²) in [5.41, 5.74) is 0.951. The maximum Gasteiger partial charge on any atom is 0.235 e. The lowest BCUT2D eigenvalue weighted by Crippen LogP contribution is -2.20. The van der Waals surface area contributed by atoms with Gasteiger partial charge in [-0.2, -0.15) is 0 Å². The highest BCUT2D eigenvalue weighted by Gasteiger charge is 2.14. The molecule has 0 amide bonds. The number of hydrogen-bond donors (Lipinski definition) is 2. The van der Waals surface area contributed by atoms with Crippen LogP contribution in [0.4, 0.5) is 5.69 Å². The summed E-state index contributed by atoms with van der Waals surface area (Å²) in [5.74, 6) is -0.113. The van der Waals surface area contributed by atoms with Gasteiger partial charge in [0, 0.05) is 12.7 Å². The zero-order chi connectivity index (χ0) is 12.9. The summed E-state index contributed by atoms with van der Waals surface area (Å²) < 4.78 is 30.5. The van der Waals surface area contributed by atoms with E-state index >= 15 is 0 Å². The van der Waals surface area contributed by atoms with Gasteiger partial charge in [-0.3, -0.25) is 4.72 Å². The maximum absolute atomic E-state index is 11.7. The standard InChI is InChI=1S/C11H17NO4S/c1-9(13)10-5-3-4-6-11(10)12-17(14,15)8-7-16-2/h3-6,9,12-13H,7-8H2,1-2H3. The lowest BCUT2D eigenvalue weighted by atomic mass is 10.1. The molecule has 0 fully saturated rings. The van der Waals surface area contributed by atoms with Crippen LogP contribution in [0.15, 0.2) is 24.3 Å². The third-order valence-corrected chi connectivity index (χ3v) is 3.47. The van der Waals surface area contributed by atoms with E-state index in [1.54, 1.807) is 31.2 Å². The van der Waals surface area contributed by atoms with Crippen LogP contribution in [0.25, 0.3) is 0 Å². The molecule has 0 radical (unpaired) electrons. The van der Waals surface area contributed by atoms with Gasteiger partial charge in [-0.15, -0.1) is 0 Å². The summed E-state index contributed by atoms with van der Waals surface area (Å²) in [5, 5.41) is 9.52. The number of methoxy groups -OCH3 is 1. The molecule has 0 spiro atoms. The van der Waals surface area contributed by atoms with Gasteiger partial charge in [-0.05, 0) is 13.0 Å². The van der Waals surface area contributed by atoms with E-state index in [0.29, 0.717) is 11.3 Å². The average molecular weight is 259 g/mol. The summed E-state index contributed by atoms with van der Waals surface area (Å²) >= 11 is 0. The van der Waals surface area contributed by atoms with E-state index in [2.05, 4.69) is 4.72 Å². The number of rotatable bonds is 6. The molecule has 96 valence electrons. The Morgan fingerprint density at radius 2 is 2.06 bits per heavy atom. The van der Waals surface area contributed by atoms with Gasteiger partial charge in [0.15, 0.2) is 0 Å². The zero-order valence-corrected chi connectivity index (χ0v) is 10.7. The highest BCUT2D eigenvalue weighted by Crippen LogP contribution is 2.23. The SMILES string of the molecule is COCCS(=O)(=O)Nc1ccccc1C(C)O. The number of anilines is 1. The van der Waals surface area contributed by atoms with Crippen molar-refractivity contribution in [1.82, 2.24) is 0 Å². The minimum Gasteiger partial charge on any atom is -0.389 e. The molecule has 2 N–H and O–H groups in total. The predicted octanol–water partition coefficient (Wildman–Crippen LogP) is 1.13. The normalized spacial score (nSPS) is 13.4. The smallest absolute Gasteiger partial charge is 0.235 e. The molecule has 1 atom stereocenters. The first kappa shape index (κ1) is 14.0. The van der Waals surface area contributed by atoms with Gasteiger partial charge in [0.25, 0.3) is 0 Å². The molecule has 0 saturated carbocycles. The quantitative estimate of drug-likeness (QED) is 0.803. The van der Waals surface area contributed by atoms with Crippen LogP contribution in [0.2, 0.25) is 0 Å². The Morgan fingerprint density at radius 3 is 2.65 bits per heavy atom. The number of hydrogen-bond acceptors (Lipinski definition) is 4. The van der Waals surface area contributed by atoms with Crippen molar-refractivity contribution in [3.05, 3.63) is 29.8 Å². The highest BCUT2D eigenvalue weighted by atomic mass is 32.2. The van der Waals surface area contributed by atoms with Gasteiger partial charge in [-0.1, -0.05) is 18.2 Å². The van der Waals surface area contributed by atoms with E-state index < -0.39 is 16.1 Å². The molecular formula is C11H17NO4S. The first-order valence-electron chi connectivity index (χ1n) is 5.22. The van der Waals surface area contributed by atoms with Crippen LogP contribution in [-0.2, 0) is 14.8 Å². The van der Waals surface area contributed by atoms with Gasteiger partial charge in [0.1, 0.15) is 0 Å². The molecule has 6 heteroatoms. The molecule has 0 aliphatic heterocycles. The van der Waals surface area contributed by atoms with E-state index in [1.807, 2.05) is 0 Å². The van der Waals surface area contributed by atoms with Crippen LogP contribution in [-0.4, -0.2) is 33.0 Å². The molecule has 1 aromatic carbocycles. The van der Waals surface area contributed by atoms with E-state index in [1.165, 1.54) is 7.11 Å². The summed E-state index contributed by atoms with van der Waals surface area (Å²) in [6.07, 6.45) is -0.726. The Balaban J connectivity index is 2.88. The number of benzene rings is 1. The Kier molecular flexibility index (Phi) is 4.92. The van der Waals surface area contributed by atoms with Gasteiger partial charge in [0.05, 0.1) is 24.2 Å². The van der Waals surface area contributed by atoms with Crippen molar-refractivity contribution in [3.8, 4) is 0 Å². The van der Waals surface area contributed by atoms with Crippen molar-refractivity contribution in [2.45, 2.75) is 13.0 Å². The molecule has 0 heterocycles. The highest BCUT2D eigenvalue weighted by molar-refractivity contribution is 7.92. The fourth-order valence-electron chi connectivity index (χ4n) is 1.37. The van der Waals surface area contributed by atoms with Crippen molar-refractivity contribution < 1.29 is 18.3 Å². The first-order chi connectivity index (χ1) is 7.96. The van der Waals surface area contributed by atoms with E-state index in [-0.39, 0.29) is 12.4 Å². The second-order valence-corrected chi connectivity index (χ2v) is 5.52. The second kappa shape index (κ2) is 6.00. The number of sulfonamides is 1. The molecule has 0 saturated heterocycles. The third kappa shape index (κ3) is 4.33. The number of nitrogens with one attached hydrogen (secondary N) is 1. The third-order valence-electron chi connectivity index (χ3n) is 2.23. The van der Waals surface area contributed by atoms with Crippen LogP contribution in [0, 0.1) is 0 Å². The Labute approximate surface area is 101 Å². The summed E-state index contributed by atoms with van der Waals surface area (Å²) in [4.78, 5) is 0. The number of ether oxygens (including phenoxy) is 1. The lowest BCUT2D eigenvalue weighted by molar-refractivity contribution is 0.200. The molecule has 0 aliphatic carbocycles. The van der Waals surface area contributed by atoms with Crippen molar-refractivity contribution in [2.75, 3.05) is 24.2 Å². The predicted molar refractivity (Wildman–Crippen MR) is 66.4 cm³/mol. The van der Waals surface area contributed by atoms with Crippen LogP contribution in [0.5, 0.6) is 0 Å². The van der Waals surface area contributed by atoms with E-state index in [4.69, 9.17) is 4.74 Å². The molecule has 17 heavy (non-hydrogen) atoms. The topological polar surface area (TPSA) is 75.6 Å². The van der Waals surface area contributed by atoms with Gasteiger partial charge >= 0.3 is 0 Å². The summed E-state index contributed by atoms with van der Waals surface area (Å²) in [6.45, 7) is 1.72. The number of para-hydroxylation sites is 1.